The molecule has 0 atom stereocenters. The van der Waals surface area contributed by atoms with Crippen LogP contribution in [0.1, 0.15) is 11.1 Å². The van der Waals surface area contributed by atoms with Gasteiger partial charge in [-0.1, -0.05) is 18.2 Å². The highest BCUT2D eigenvalue weighted by Crippen LogP contribution is 2.33. The lowest BCUT2D eigenvalue weighted by Crippen LogP contribution is -2.14. The SMILES string of the molecule is OCc1ccnc(N2CCc3ccccc32)c1. The monoisotopic (exact) mass is 226 g/mol. The lowest BCUT2D eigenvalue weighted by Gasteiger charge is -2.18. The van der Waals surface area contributed by atoms with Gasteiger partial charge in [0.15, 0.2) is 0 Å². The fourth-order valence-electron chi connectivity index (χ4n) is 2.28. The number of benzene rings is 1. The molecule has 1 aliphatic rings. The number of aromatic nitrogens is 1. The van der Waals surface area contributed by atoms with E-state index in [0.29, 0.717) is 0 Å². The molecule has 2 heterocycles. The van der Waals surface area contributed by atoms with Crippen LogP contribution < -0.4 is 4.90 Å². The highest BCUT2D eigenvalue weighted by atomic mass is 16.3. The summed E-state index contributed by atoms with van der Waals surface area (Å²) in [6.45, 7) is 1.02. The van der Waals surface area contributed by atoms with Crippen molar-refractivity contribution >= 4 is 11.5 Å². The van der Waals surface area contributed by atoms with Crippen molar-refractivity contribution in [3.8, 4) is 0 Å². The molecule has 3 rings (SSSR count). The number of rotatable bonds is 2. The predicted molar refractivity (Wildman–Crippen MR) is 67.3 cm³/mol. The molecule has 86 valence electrons. The second-order valence-corrected chi connectivity index (χ2v) is 4.21. The first-order chi connectivity index (χ1) is 8.38. The summed E-state index contributed by atoms with van der Waals surface area (Å²) < 4.78 is 0. The molecule has 0 radical (unpaired) electrons. The van der Waals surface area contributed by atoms with Crippen LogP contribution in [0, 0.1) is 0 Å². The van der Waals surface area contributed by atoms with Gasteiger partial charge in [0.1, 0.15) is 5.82 Å². The Hall–Kier alpha value is -1.87. The number of nitrogens with zero attached hydrogens (tertiary/aromatic N) is 2. The number of anilines is 2. The van der Waals surface area contributed by atoms with Crippen LogP contribution in [0.3, 0.4) is 0 Å². The minimum atomic E-state index is 0.0605. The average Bonchev–Trinajstić information content (AvgIpc) is 2.82. The van der Waals surface area contributed by atoms with Gasteiger partial charge in [0, 0.05) is 18.4 Å². The maximum Gasteiger partial charge on any atom is 0.133 e. The van der Waals surface area contributed by atoms with Crippen molar-refractivity contribution in [1.29, 1.82) is 0 Å². The van der Waals surface area contributed by atoms with Crippen LogP contribution in [0.2, 0.25) is 0 Å². The van der Waals surface area contributed by atoms with Crippen LogP contribution in [0.5, 0.6) is 0 Å². The summed E-state index contributed by atoms with van der Waals surface area (Å²) in [5.74, 6) is 0.918. The van der Waals surface area contributed by atoms with E-state index in [0.717, 1.165) is 24.3 Å². The molecule has 0 saturated carbocycles. The summed E-state index contributed by atoms with van der Waals surface area (Å²) in [5.41, 5.74) is 3.50. The molecule has 1 aliphatic heterocycles. The van der Waals surface area contributed by atoms with Gasteiger partial charge in [0.2, 0.25) is 0 Å². The normalized spacial score (nSPS) is 13.8. The van der Waals surface area contributed by atoms with Crippen molar-refractivity contribution in [1.82, 2.24) is 4.98 Å². The van der Waals surface area contributed by atoms with E-state index in [9.17, 15) is 0 Å². The second kappa shape index (κ2) is 4.18. The number of pyridine rings is 1. The summed E-state index contributed by atoms with van der Waals surface area (Å²) in [7, 11) is 0. The third-order valence-corrected chi connectivity index (χ3v) is 3.16. The molecular formula is C14H14N2O. The third-order valence-electron chi connectivity index (χ3n) is 3.16. The number of hydrogen-bond donors (Lipinski definition) is 1. The maximum absolute atomic E-state index is 9.15. The Morgan fingerprint density at radius 3 is 3.00 bits per heavy atom. The van der Waals surface area contributed by atoms with Crippen molar-refractivity contribution in [2.45, 2.75) is 13.0 Å². The summed E-state index contributed by atoms with van der Waals surface area (Å²) in [6, 6.07) is 12.2. The first-order valence-electron chi connectivity index (χ1n) is 5.80. The summed E-state index contributed by atoms with van der Waals surface area (Å²) in [5, 5.41) is 9.15. The molecule has 0 saturated heterocycles. The molecule has 3 heteroatoms. The molecule has 1 N–H and O–H groups in total. The molecule has 0 unspecified atom stereocenters. The minimum Gasteiger partial charge on any atom is -0.392 e. The molecule has 3 nitrogen and oxygen atoms in total. The van der Waals surface area contributed by atoms with Crippen molar-refractivity contribution < 1.29 is 5.11 Å². The summed E-state index contributed by atoms with van der Waals surface area (Å²) in [6.07, 6.45) is 2.81. The van der Waals surface area contributed by atoms with E-state index in [1.54, 1.807) is 6.20 Å². The molecule has 0 aliphatic carbocycles. The zero-order valence-corrected chi connectivity index (χ0v) is 9.50. The Balaban J connectivity index is 2.01. The Labute approximate surface area is 100 Å². The Kier molecular flexibility index (Phi) is 2.53. The zero-order valence-electron chi connectivity index (χ0n) is 9.50. The molecular weight excluding hydrogens is 212 g/mol. The molecule has 1 aromatic carbocycles. The highest BCUT2D eigenvalue weighted by Gasteiger charge is 2.20. The van der Waals surface area contributed by atoms with E-state index in [1.807, 2.05) is 18.2 Å². The average molecular weight is 226 g/mol. The van der Waals surface area contributed by atoms with Gasteiger partial charge in [0.05, 0.1) is 6.61 Å². The van der Waals surface area contributed by atoms with Crippen molar-refractivity contribution in [2.75, 3.05) is 11.4 Å². The van der Waals surface area contributed by atoms with Gasteiger partial charge < -0.3 is 10.0 Å². The van der Waals surface area contributed by atoms with E-state index < -0.39 is 0 Å². The van der Waals surface area contributed by atoms with E-state index >= 15 is 0 Å². The second-order valence-electron chi connectivity index (χ2n) is 4.21. The lowest BCUT2D eigenvalue weighted by atomic mass is 10.2. The van der Waals surface area contributed by atoms with Crippen LogP contribution in [0.15, 0.2) is 42.6 Å². The quantitative estimate of drug-likeness (QED) is 0.853. The Morgan fingerprint density at radius 2 is 2.12 bits per heavy atom. The molecule has 0 fully saturated rings. The van der Waals surface area contributed by atoms with Gasteiger partial charge in [-0.25, -0.2) is 4.98 Å². The van der Waals surface area contributed by atoms with Crippen LogP contribution in [0.4, 0.5) is 11.5 Å². The van der Waals surface area contributed by atoms with Crippen molar-refractivity contribution in [3.05, 3.63) is 53.7 Å². The fourth-order valence-corrected chi connectivity index (χ4v) is 2.28. The van der Waals surface area contributed by atoms with Crippen LogP contribution in [-0.2, 0) is 13.0 Å². The molecule has 17 heavy (non-hydrogen) atoms. The van der Waals surface area contributed by atoms with E-state index in [4.69, 9.17) is 5.11 Å². The molecule has 0 bridgehead atoms. The Bertz CT molecular complexity index is 539. The largest absolute Gasteiger partial charge is 0.392 e. The zero-order chi connectivity index (χ0) is 11.7. The molecule has 0 spiro atoms. The molecule has 2 aromatic rings. The first kappa shape index (κ1) is 10.3. The van der Waals surface area contributed by atoms with Crippen molar-refractivity contribution in [2.24, 2.45) is 0 Å². The molecule has 1 aromatic heterocycles. The third kappa shape index (κ3) is 1.78. The fraction of sp³-hybridized carbons (Fsp3) is 0.214. The maximum atomic E-state index is 9.15. The van der Waals surface area contributed by atoms with Crippen LogP contribution in [-0.4, -0.2) is 16.6 Å². The van der Waals surface area contributed by atoms with Gasteiger partial charge in [0.25, 0.3) is 0 Å². The minimum absolute atomic E-state index is 0.0605. The molecule has 0 amide bonds. The van der Waals surface area contributed by atoms with Crippen LogP contribution >= 0.6 is 0 Å². The van der Waals surface area contributed by atoms with Gasteiger partial charge >= 0.3 is 0 Å². The van der Waals surface area contributed by atoms with Gasteiger partial charge in [-0.2, -0.15) is 0 Å². The predicted octanol–water partition coefficient (Wildman–Crippen LogP) is 2.27. The van der Waals surface area contributed by atoms with E-state index in [-0.39, 0.29) is 6.61 Å². The van der Waals surface area contributed by atoms with Crippen LogP contribution in [0.25, 0.3) is 0 Å². The standard InChI is InChI=1S/C14H14N2O/c17-10-11-5-7-15-14(9-11)16-8-6-12-3-1-2-4-13(12)16/h1-5,7,9,17H,6,8,10H2. The number of para-hydroxylation sites is 1. The van der Waals surface area contributed by atoms with Crippen molar-refractivity contribution in [3.63, 3.8) is 0 Å². The van der Waals surface area contributed by atoms with Gasteiger partial charge in [-0.3, -0.25) is 0 Å². The topological polar surface area (TPSA) is 36.4 Å². The number of aliphatic hydroxyl groups excluding tert-OH is 1. The highest BCUT2D eigenvalue weighted by molar-refractivity contribution is 5.67. The first-order valence-corrected chi connectivity index (χ1v) is 5.80. The van der Waals surface area contributed by atoms with E-state index in [2.05, 4.69) is 28.1 Å². The number of hydrogen-bond acceptors (Lipinski definition) is 3. The van der Waals surface area contributed by atoms with Gasteiger partial charge in [-0.15, -0.1) is 0 Å². The number of fused-ring (bicyclic) bond motifs is 1. The lowest BCUT2D eigenvalue weighted by molar-refractivity contribution is 0.282. The summed E-state index contributed by atoms with van der Waals surface area (Å²) in [4.78, 5) is 6.59. The smallest absolute Gasteiger partial charge is 0.133 e. The Morgan fingerprint density at radius 1 is 1.24 bits per heavy atom. The summed E-state index contributed by atoms with van der Waals surface area (Å²) >= 11 is 0. The number of aliphatic hydroxyl groups is 1. The van der Waals surface area contributed by atoms with E-state index in [1.165, 1.54) is 11.3 Å². The van der Waals surface area contributed by atoms with Gasteiger partial charge in [-0.05, 0) is 35.7 Å².